The third-order valence-corrected chi connectivity index (χ3v) is 5.63. The molecule has 0 aromatic heterocycles. The summed E-state index contributed by atoms with van der Waals surface area (Å²) in [4.78, 5) is 10.8. The third-order valence-electron chi connectivity index (χ3n) is 2.89. The fourth-order valence-corrected chi connectivity index (χ4v) is 4.20. The predicted molar refractivity (Wildman–Crippen MR) is 88.1 cm³/mol. The van der Waals surface area contributed by atoms with Crippen LogP contribution >= 0.6 is 27.5 Å². The molecule has 0 aliphatic heterocycles. The summed E-state index contributed by atoms with van der Waals surface area (Å²) in [5, 5.41) is 9.16. The van der Waals surface area contributed by atoms with E-state index in [1.807, 2.05) is 0 Å². The minimum Gasteiger partial charge on any atom is -0.478 e. The Morgan fingerprint density at radius 3 is 2.36 bits per heavy atom. The predicted octanol–water partition coefficient (Wildman–Crippen LogP) is 3.91. The molecule has 116 valence electrons. The Bertz CT molecular complexity index is 835. The van der Waals surface area contributed by atoms with Crippen molar-refractivity contribution in [3.63, 3.8) is 0 Å². The average Bonchev–Trinajstić information content (AvgIpc) is 2.42. The van der Waals surface area contributed by atoms with Crippen LogP contribution in [0.15, 0.2) is 45.8 Å². The molecule has 0 atom stereocenters. The van der Waals surface area contributed by atoms with Gasteiger partial charge in [-0.15, -0.1) is 0 Å². The number of aryl methyl sites for hydroxylation is 1. The lowest BCUT2D eigenvalue weighted by molar-refractivity contribution is 0.0697. The van der Waals surface area contributed by atoms with E-state index in [2.05, 4.69) is 20.7 Å². The molecule has 0 saturated heterocycles. The average molecular weight is 405 g/mol. The molecule has 8 heteroatoms. The number of carboxylic acids is 1. The zero-order valence-corrected chi connectivity index (χ0v) is 14.5. The second-order valence-electron chi connectivity index (χ2n) is 4.52. The van der Waals surface area contributed by atoms with Gasteiger partial charge in [0.05, 0.1) is 5.56 Å². The van der Waals surface area contributed by atoms with E-state index >= 15 is 0 Å². The Hall–Kier alpha value is -1.57. The van der Waals surface area contributed by atoms with Gasteiger partial charge in [0.2, 0.25) is 0 Å². The molecule has 0 radical (unpaired) electrons. The second kappa shape index (κ2) is 6.28. The Balaban J connectivity index is 2.35. The summed E-state index contributed by atoms with van der Waals surface area (Å²) in [7, 11) is -3.85. The summed E-state index contributed by atoms with van der Waals surface area (Å²) in [6.45, 7) is 1.77. The van der Waals surface area contributed by atoms with Gasteiger partial charge in [0.1, 0.15) is 4.90 Å². The zero-order valence-electron chi connectivity index (χ0n) is 11.3. The summed E-state index contributed by atoms with van der Waals surface area (Å²) >= 11 is 9.18. The van der Waals surface area contributed by atoms with Crippen molar-refractivity contribution in [3.05, 3.63) is 57.0 Å². The Morgan fingerprint density at radius 2 is 1.82 bits per heavy atom. The lowest BCUT2D eigenvalue weighted by Gasteiger charge is -2.11. The quantitative estimate of drug-likeness (QED) is 0.809. The number of hydrogen-bond acceptors (Lipinski definition) is 3. The van der Waals surface area contributed by atoms with E-state index in [4.69, 9.17) is 16.7 Å². The first kappa shape index (κ1) is 16.8. The molecule has 0 bridgehead atoms. The number of hydrogen-bond donors (Lipinski definition) is 2. The van der Waals surface area contributed by atoms with E-state index in [1.165, 1.54) is 30.3 Å². The minimum atomic E-state index is -3.85. The van der Waals surface area contributed by atoms with E-state index in [0.29, 0.717) is 9.50 Å². The molecule has 0 amide bonds. The van der Waals surface area contributed by atoms with Gasteiger partial charge in [-0.3, -0.25) is 4.72 Å². The van der Waals surface area contributed by atoms with Crippen LogP contribution in [0, 0.1) is 6.92 Å². The van der Waals surface area contributed by atoms with Crippen LogP contribution in [0.1, 0.15) is 15.9 Å². The van der Waals surface area contributed by atoms with E-state index in [9.17, 15) is 13.2 Å². The van der Waals surface area contributed by atoms with Crippen molar-refractivity contribution < 1.29 is 18.3 Å². The first-order chi connectivity index (χ1) is 10.2. The van der Waals surface area contributed by atoms with Gasteiger partial charge < -0.3 is 5.11 Å². The fourth-order valence-electron chi connectivity index (χ4n) is 1.72. The van der Waals surface area contributed by atoms with E-state index in [-0.39, 0.29) is 16.1 Å². The first-order valence-corrected chi connectivity index (χ1v) is 8.68. The molecule has 2 rings (SSSR count). The summed E-state index contributed by atoms with van der Waals surface area (Å²) in [5.74, 6) is -1.08. The molecule has 0 saturated carbocycles. The third kappa shape index (κ3) is 3.60. The van der Waals surface area contributed by atoms with Crippen LogP contribution in [0.3, 0.4) is 0 Å². The van der Waals surface area contributed by atoms with Gasteiger partial charge in [-0.1, -0.05) is 11.6 Å². The van der Waals surface area contributed by atoms with E-state index in [0.717, 1.165) is 5.56 Å². The van der Waals surface area contributed by atoms with Gasteiger partial charge in [0.25, 0.3) is 10.0 Å². The fraction of sp³-hybridized carbons (Fsp3) is 0.0714. The van der Waals surface area contributed by atoms with Crippen molar-refractivity contribution in [1.82, 2.24) is 0 Å². The van der Waals surface area contributed by atoms with Crippen LogP contribution in [0.4, 0.5) is 5.69 Å². The molecule has 2 N–H and O–H groups in total. The number of carboxylic acid groups (broad SMARTS) is 1. The number of carbonyl (C=O) groups is 1. The van der Waals surface area contributed by atoms with Crippen molar-refractivity contribution in [1.29, 1.82) is 0 Å². The van der Waals surface area contributed by atoms with Gasteiger partial charge in [0.15, 0.2) is 0 Å². The molecule has 0 spiro atoms. The summed E-state index contributed by atoms with van der Waals surface area (Å²) < 4.78 is 27.5. The van der Waals surface area contributed by atoms with Crippen molar-refractivity contribution in [2.24, 2.45) is 0 Å². The van der Waals surface area contributed by atoms with Crippen LogP contribution in [0.2, 0.25) is 5.02 Å². The molecular formula is C14H11BrClNO4S. The highest BCUT2D eigenvalue weighted by Crippen LogP contribution is 2.29. The first-order valence-electron chi connectivity index (χ1n) is 6.02. The molecule has 22 heavy (non-hydrogen) atoms. The SMILES string of the molecule is Cc1cc(Br)c(S(=O)(=O)Nc2ccc(C(=O)O)cc2)cc1Cl. The van der Waals surface area contributed by atoms with Gasteiger partial charge >= 0.3 is 5.97 Å². The molecule has 5 nitrogen and oxygen atoms in total. The van der Waals surface area contributed by atoms with Gasteiger partial charge in [0, 0.05) is 15.2 Å². The van der Waals surface area contributed by atoms with Crippen molar-refractivity contribution in [2.45, 2.75) is 11.8 Å². The van der Waals surface area contributed by atoms with Gasteiger partial charge in [-0.05, 0) is 64.8 Å². The maximum Gasteiger partial charge on any atom is 0.335 e. The molecule has 0 fully saturated rings. The molecule has 0 aliphatic carbocycles. The molecule has 2 aromatic carbocycles. The highest BCUT2D eigenvalue weighted by molar-refractivity contribution is 9.10. The maximum absolute atomic E-state index is 12.4. The second-order valence-corrected chi connectivity index (χ2v) is 7.43. The van der Waals surface area contributed by atoms with Crippen molar-refractivity contribution in [3.8, 4) is 0 Å². The van der Waals surface area contributed by atoms with Crippen LogP contribution < -0.4 is 4.72 Å². The van der Waals surface area contributed by atoms with Crippen LogP contribution in [-0.2, 0) is 10.0 Å². The Kier molecular flexibility index (Phi) is 4.79. The standard InChI is InChI=1S/C14H11BrClNO4S/c1-8-6-11(15)13(7-12(8)16)22(20,21)17-10-4-2-9(3-5-10)14(18)19/h2-7,17H,1H3,(H,18,19). The number of rotatable bonds is 4. The topological polar surface area (TPSA) is 83.5 Å². The maximum atomic E-state index is 12.4. The lowest BCUT2D eigenvalue weighted by Crippen LogP contribution is -2.14. The van der Waals surface area contributed by atoms with Crippen LogP contribution in [-0.4, -0.2) is 19.5 Å². The zero-order chi connectivity index (χ0) is 16.5. The number of anilines is 1. The monoisotopic (exact) mass is 403 g/mol. The number of halogens is 2. The van der Waals surface area contributed by atoms with Gasteiger partial charge in [-0.2, -0.15) is 0 Å². The Morgan fingerprint density at radius 1 is 1.23 bits per heavy atom. The Labute approximate surface area is 141 Å². The van der Waals surface area contributed by atoms with Crippen LogP contribution in [0.5, 0.6) is 0 Å². The lowest BCUT2D eigenvalue weighted by atomic mass is 10.2. The molecule has 0 heterocycles. The summed E-state index contributed by atoms with van der Waals surface area (Å²) in [6, 6.07) is 8.36. The highest BCUT2D eigenvalue weighted by Gasteiger charge is 2.19. The molecule has 2 aromatic rings. The smallest absolute Gasteiger partial charge is 0.335 e. The van der Waals surface area contributed by atoms with Crippen molar-refractivity contribution in [2.75, 3.05) is 4.72 Å². The van der Waals surface area contributed by atoms with Gasteiger partial charge in [-0.25, -0.2) is 13.2 Å². The summed E-state index contributed by atoms with van der Waals surface area (Å²) in [6.07, 6.45) is 0. The van der Waals surface area contributed by atoms with E-state index in [1.54, 1.807) is 13.0 Å². The summed E-state index contributed by atoms with van der Waals surface area (Å²) in [5.41, 5.74) is 1.08. The number of nitrogens with one attached hydrogen (secondary N) is 1. The van der Waals surface area contributed by atoms with Crippen molar-refractivity contribution >= 4 is 49.2 Å². The number of benzene rings is 2. The number of aromatic carboxylic acids is 1. The molecular weight excluding hydrogens is 394 g/mol. The largest absolute Gasteiger partial charge is 0.478 e. The highest BCUT2D eigenvalue weighted by atomic mass is 79.9. The van der Waals surface area contributed by atoms with E-state index < -0.39 is 16.0 Å². The van der Waals surface area contributed by atoms with Crippen LogP contribution in [0.25, 0.3) is 0 Å². The minimum absolute atomic E-state index is 0.00501. The number of sulfonamides is 1. The normalized spacial score (nSPS) is 11.2. The molecule has 0 aliphatic rings. The molecule has 0 unspecified atom stereocenters.